The van der Waals surface area contributed by atoms with Crippen molar-refractivity contribution in [1.29, 1.82) is 0 Å². The largest absolute Gasteiger partial charge is 0.413 e. The molecule has 3 rings (SSSR count). The van der Waals surface area contributed by atoms with Crippen molar-refractivity contribution in [2.45, 2.75) is 18.8 Å². The lowest BCUT2D eigenvalue weighted by molar-refractivity contribution is -0.164. The summed E-state index contributed by atoms with van der Waals surface area (Å²) < 4.78 is 81.6. The molecular weight excluding hydrogens is 376 g/mol. The number of hydrogen-bond donors (Lipinski definition) is 1. The van der Waals surface area contributed by atoms with Crippen LogP contribution < -0.4 is 5.32 Å². The van der Waals surface area contributed by atoms with E-state index in [9.17, 15) is 31.1 Å². The molecule has 1 unspecified atom stereocenters. The van der Waals surface area contributed by atoms with Crippen molar-refractivity contribution in [3.8, 4) is 0 Å². The van der Waals surface area contributed by atoms with E-state index in [0.29, 0.717) is 10.9 Å². The van der Waals surface area contributed by atoms with Gasteiger partial charge >= 0.3 is 6.18 Å². The molecule has 0 aliphatic carbocycles. The Balaban J connectivity index is 1.88. The van der Waals surface area contributed by atoms with Crippen molar-refractivity contribution in [3.05, 3.63) is 65.6 Å². The highest BCUT2D eigenvalue weighted by molar-refractivity contribution is 5.82. The molecule has 3 aromatic rings. The molecule has 10 heteroatoms. The van der Waals surface area contributed by atoms with E-state index in [2.05, 4.69) is 5.10 Å². The van der Waals surface area contributed by atoms with Crippen LogP contribution in [0, 0.1) is 17.5 Å². The third-order valence-corrected chi connectivity index (χ3v) is 3.81. The van der Waals surface area contributed by atoms with Crippen LogP contribution in [0.4, 0.5) is 26.3 Å². The first-order chi connectivity index (χ1) is 12.7. The number of amides is 1. The molecule has 27 heavy (non-hydrogen) atoms. The summed E-state index contributed by atoms with van der Waals surface area (Å²) in [7, 11) is 0. The van der Waals surface area contributed by atoms with Crippen LogP contribution in [-0.4, -0.2) is 21.9 Å². The monoisotopic (exact) mass is 387 g/mol. The Morgan fingerprint density at radius 1 is 1.11 bits per heavy atom. The van der Waals surface area contributed by atoms with Gasteiger partial charge in [-0.05, 0) is 6.07 Å². The number of carbonyl (C=O) groups is 1. The number of para-hydroxylation sites is 1. The molecule has 1 aromatic heterocycles. The van der Waals surface area contributed by atoms with Gasteiger partial charge in [-0.25, -0.2) is 13.2 Å². The first kappa shape index (κ1) is 18.7. The molecule has 1 atom stereocenters. The van der Waals surface area contributed by atoms with Crippen molar-refractivity contribution >= 4 is 16.8 Å². The molecule has 142 valence electrons. The second-order valence-corrected chi connectivity index (χ2v) is 5.69. The van der Waals surface area contributed by atoms with E-state index in [1.165, 1.54) is 6.20 Å². The number of fused-ring (bicyclic) bond motifs is 1. The molecule has 0 aliphatic heterocycles. The average molecular weight is 387 g/mol. The standard InChI is InChI=1S/C17H11F6N3O/c18-10-5-11(19)15(12(20)6-10)16(17(21,22)23)25-14(27)8-26-13-4-2-1-3-9(13)7-24-26/h1-7,16H,8H2,(H,25,27). The number of nitrogens with one attached hydrogen (secondary N) is 1. The zero-order valence-electron chi connectivity index (χ0n) is 13.4. The van der Waals surface area contributed by atoms with Gasteiger partial charge in [0.1, 0.15) is 24.0 Å². The van der Waals surface area contributed by atoms with Gasteiger partial charge in [0.25, 0.3) is 0 Å². The number of aromatic nitrogens is 2. The van der Waals surface area contributed by atoms with Gasteiger partial charge in [-0.2, -0.15) is 18.3 Å². The van der Waals surface area contributed by atoms with Crippen molar-refractivity contribution in [2.24, 2.45) is 0 Å². The van der Waals surface area contributed by atoms with Gasteiger partial charge in [0.15, 0.2) is 6.04 Å². The molecule has 0 radical (unpaired) electrons. The van der Waals surface area contributed by atoms with Gasteiger partial charge < -0.3 is 5.32 Å². The lowest BCUT2D eigenvalue weighted by atomic mass is 10.0. The highest BCUT2D eigenvalue weighted by Crippen LogP contribution is 2.35. The number of nitrogens with zero attached hydrogens (tertiary/aromatic N) is 2. The summed E-state index contributed by atoms with van der Waals surface area (Å²) in [5, 5.41) is 6.11. The van der Waals surface area contributed by atoms with E-state index < -0.39 is 47.7 Å². The fourth-order valence-corrected chi connectivity index (χ4v) is 2.64. The molecule has 1 amide bonds. The third-order valence-electron chi connectivity index (χ3n) is 3.81. The predicted octanol–water partition coefficient (Wildman–Crippen LogP) is 3.87. The Bertz CT molecular complexity index is 975. The maximum atomic E-state index is 13.8. The maximum absolute atomic E-state index is 13.8. The van der Waals surface area contributed by atoms with Gasteiger partial charge in [0.2, 0.25) is 5.91 Å². The average Bonchev–Trinajstić information content (AvgIpc) is 2.95. The molecule has 0 saturated heterocycles. The topological polar surface area (TPSA) is 46.9 Å². The maximum Gasteiger partial charge on any atom is 0.413 e. The number of hydrogen-bond acceptors (Lipinski definition) is 2. The molecule has 0 saturated carbocycles. The Hall–Kier alpha value is -3.04. The smallest absolute Gasteiger partial charge is 0.339 e. The van der Waals surface area contributed by atoms with Crippen molar-refractivity contribution in [2.75, 3.05) is 0 Å². The van der Waals surface area contributed by atoms with Crippen LogP contribution in [0.5, 0.6) is 0 Å². The second kappa shape index (κ2) is 6.93. The molecule has 1 N–H and O–H groups in total. The van der Waals surface area contributed by atoms with Gasteiger partial charge in [0, 0.05) is 17.5 Å². The summed E-state index contributed by atoms with van der Waals surface area (Å²) in [6, 6.07) is 3.92. The van der Waals surface area contributed by atoms with Crippen LogP contribution in [-0.2, 0) is 11.3 Å². The Kier molecular flexibility index (Phi) is 4.81. The van der Waals surface area contributed by atoms with Gasteiger partial charge in [-0.3, -0.25) is 9.48 Å². The fraction of sp³-hybridized carbons (Fsp3) is 0.176. The lowest BCUT2D eigenvalue weighted by Gasteiger charge is -2.23. The van der Waals surface area contributed by atoms with Crippen LogP contribution in [0.2, 0.25) is 0 Å². The summed E-state index contributed by atoms with van der Waals surface area (Å²) in [6.07, 6.45) is -3.79. The molecule has 1 heterocycles. The summed E-state index contributed by atoms with van der Waals surface area (Å²) in [6.45, 7) is -0.607. The first-order valence-corrected chi connectivity index (χ1v) is 7.58. The van der Waals surface area contributed by atoms with E-state index in [1.807, 2.05) is 0 Å². The number of benzene rings is 2. The molecule has 0 aliphatic rings. The molecule has 4 nitrogen and oxygen atoms in total. The summed E-state index contributed by atoms with van der Waals surface area (Å²) in [4.78, 5) is 12.1. The Morgan fingerprint density at radius 3 is 2.37 bits per heavy atom. The van der Waals surface area contributed by atoms with Crippen LogP contribution >= 0.6 is 0 Å². The molecule has 0 bridgehead atoms. The summed E-state index contributed by atoms with van der Waals surface area (Å²) in [5.74, 6) is -6.04. The SMILES string of the molecule is O=C(Cn1ncc2ccccc21)NC(c1c(F)cc(F)cc1F)C(F)(F)F. The highest BCUT2D eigenvalue weighted by Gasteiger charge is 2.45. The van der Waals surface area contributed by atoms with Gasteiger partial charge in [-0.1, -0.05) is 18.2 Å². The van der Waals surface area contributed by atoms with E-state index in [1.54, 1.807) is 29.6 Å². The summed E-state index contributed by atoms with van der Waals surface area (Å²) >= 11 is 0. The zero-order chi connectivity index (χ0) is 19.8. The van der Waals surface area contributed by atoms with Crippen LogP contribution in [0.1, 0.15) is 11.6 Å². The fourth-order valence-electron chi connectivity index (χ4n) is 2.64. The predicted molar refractivity (Wildman–Crippen MR) is 83.0 cm³/mol. The minimum Gasteiger partial charge on any atom is -0.339 e. The minimum atomic E-state index is -5.21. The second-order valence-electron chi connectivity index (χ2n) is 5.69. The molecule has 0 fully saturated rings. The zero-order valence-corrected chi connectivity index (χ0v) is 13.4. The normalized spacial score (nSPS) is 13.0. The molecule has 0 spiro atoms. The Labute approximate surface area is 148 Å². The van der Waals surface area contributed by atoms with E-state index >= 15 is 0 Å². The van der Waals surface area contributed by atoms with Gasteiger partial charge in [-0.15, -0.1) is 0 Å². The molecule has 2 aromatic carbocycles. The summed E-state index contributed by atoms with van der Waals surface area (Å²) in [5.41, 5.74) is -0.988. The van der Waals surface area contributed by atoms with Crippen LogP contribution in [0.15, 0.2) is 42.6 Å². The van der Waals surface area contributed by atoms with Crippen molar-refractivity contribution in [3.63, 3.8) is 0 Å². The first-order valence-electron chi connectivity index (χ1n) is 7.58. The van der Waals surface area contributed by atoms with E-state index in [-0.39, 0.29) is 12.1 Å². The third kappa shape index (κ3) is 3.88. The minimum absolute atomic E-state index is 0.115. The lowest BCUT2D eigenvalue weighted by Crippen LogP contribution is -2.40. The van der Waals surface area contributed by atoms with Crippen LogP contribution in [0.3, 0.4) is 0 Å². The van der Waals surface area contributed by atoms with E-state index in [4.69, 9.17) is 0 Å². The Morgan fingerprint density at radius 2 is 1.74 bits per heavy atom. The number of alkyl halides is 3. The highest BCUT2D eigenvalue weighted by atomic mass is 19.4. The van der Waals surface area contributed by atoms with Crippen LogP contribution in [0.25, 0.3) is 10.9 Å². The van der Waals surface area contributed by atoms with E-state index in [0.717, 1.165) is 4.68 Å². The van der Waals surface area contributed by atoms with Crippen molar-refractivity contribution < 1.29 is 31.1 Å². The number of rotatable bonds is 4. The number of carbonyl (C=O) groups excluding carboxylic acids is 1. The quantitative estimate of drug-likeness (QED) is 0.691. The van der Waals surface area contributed by atoms with Crippen molar-refractivity contribution in [1.82, 2.24) is 15.1 Å². The van der Waals surface area contributed by atoms with Gasteiger partial charge in [0.05, 0.1) is 17.3 Å². The molecular formula is C17H11F6N3O. The number of halogens is 6.